The van der Waals surface area contributed by atoms with Crippen molar-refractivity contribution in [3.8, 4) is 0 Å². The highest BCUT2D eigenvalue weighted by Crippen LogP contribution is 2.64. The first kappa shape index (κ1) is 41.2. The van der Waals surface area contributed by atoms with E-state index in [0.29, 0.717) is 32.1 Å². The summed E-state index contributed by atoms with van der Waals surface area (Å²) in [6.45, 7) is -1.21. The van der Waals surface area contributed by atoms with E-state index >= 15 is 0 Å². The highest BCUT2D eigenvalue weighted by Gasteiger charge is 2.96. The molecule has 1 N–H and O–H groups in total. The van der Waals surface area contributed by atoms with Crippen LogP contribution in [0.1, 0.15) is 57.8 Å². The monoisotopic (exact) mass is 697 g/mol. The van der Waals surface area contributed by atoms with Crippen LogP contribution < -0.4 is 0 Å². The Morgan fingerprint density at radius 1 is 0.535 bits per heavy atom. The van der Waals surface area contributed by atoms with Crippen molar-refractivity contribution in [2.24, 2.45) is 0 Å². The zero-order chi connectivity index (χ0) is 34.7. The number of hydrogen-bond donors (Lipinski definition) is 1. The van der Waals surface area contributed by atoms with Gasteiger partial charge in [0, 0.05) is 20.0 Å². The Bertz CT molecular complexity index is 1040. The number of unbranched alkanes of at least 4 members (excludes halogenated alkanes) is 7. The molecule has 0 aromatic heterocycles. The predicted molar refractivity (Wildman–Crippen MR) is 111 cm³/mol. The number of nitrogens with zero attached hydrogens (tertiary/aromatic N) is 1. The summed E-state index contributed by atoms with van der Waals surface area (Å²) in [6.07, 6.45) is -5.89. The number of carboxylic acids is 1. The number of alkyl halides is 17. The molecule has 0 radical (unpaired) electrons. The Hall–Kier alpha value is -1.81. The molecule has 0 unspecified atom stereocenters. The van der Waals surface area contributed by atoms with Gasteiger partial charge in [-0.3, -0.25) is 4.79 Å². The Balaban J connectivity index is 5.85. The molecule has 0 aliphatic carbocycles. The second-order valence-corrected chi connectivity index (χ2v) is 11.3. The fourth-order valence-corrected chi connectivity index (χ4v) is 4.51. The van der Waals surface area contributed by atoms with Crippen LogP contribution >= 0.6 is 0 Å². The van der Waals surface area contributed by atoms with Gasteiger partial charge in [0.2, 0.25) is 0 Å². The molecule has 0 amide bonds. The Morgan fingerprint density at radius 3 is 1.19 bits per heavy atom. The van der Waals surface area contributed by atoms with Gasteiger partial charge >= 0.3 is 52.9 Å². The molecular formula is C20H24F17NO4S. The third-order valence-corrected chi connectivity index (χ3v) is 7.95. The van der Waals surface area contributed by atoms with E-state index in [0.717, 1.165) is 0 Å². The molecule has 0 fully saturated rings. The van der Waals surface area contributed by atoms with Crippen LogP contribution in [-0.2, 0) is 14.8 Å². The molecule has 0 heterocycles. The molecule has 0 aromatic carbocycles. The maximum Gasteiger partial charge on any atom is 0.460 e. The van der Waals surface area contributed by atoms with Gasteiger partial charge in [-0.1, -0.05) is 38.5 Å². The highest BCUT2D eigenvalue weighted by molar-refractivity contribution is 7.90. The van der Waals surface area contributed by atoms with Crippen LogP contribution in [0.4, 0.5) is 74.6 Å². The second-order valence-electron chi connectivity index (χ2n) is 9.26. The first-order valence-corrected chi connectivity index (χ1v) is 13.2. The molecule has 5 nitrogen and oxygen atoms in total. The number of aliphatic carboxylic acids is 1. The molecule has 0 bridgehead atoms. The molecule has 23 heteroatoms. The first-order chi connectivity index (χ1) is 18.8. The maximum absolute atomic E-state index is 14.2. The topological polar surface area (TPSA) is 74.7 Å². The fourth-order valence-electron chi connectivity index (χ4n) is 3.30. The van der Waals surface area contributed by atoms with Crippen LogP contribution in [0.25, 0.3) is 0 Å². The Morgan fingerprint density at radius 2 is 0.837 bits per heavy atom. The third kappa shape index (κ3) is 7.37. The van der Waals surface area contributed by atoms with Crippen molar-refractivity contribution in [3.05, 3.63) is 0 Å². The van der Waals surface area contributed by atoms with Crippen molar-refractivity contribution in [3.63, 3.8) is 0 Å². The van der Waals surface area contributed by atoms with Crippen LogP contribution in [0.2, 0.25) is 0 Å². The smallest absolute Gasteiger partial charge is 0.460 e. The van der Waals surface area contributed by atoms with Crippen LogP contribution in [0, 0.1) is 0 Å². The summed E-state index contributed by atoms with van der Waals surface area (Å²) < 4.78 is 250. The minimum atomic E-state index is -8.85. The summed E-state index contributed by atoms with van der Waals surface area (Å²) in [5, 5.41) is 0.929. The van der Waals surface area contributed by atoms with Gasteiger partial charge in [-0.2, -0.15) is 78.9 Å². The van der Waals surface area contributed by atoms with Crippen molar-refractivity contribution >= 4 is 16.0 Å². The van der Waals surface area contributed by atoms with E-state index in [-0.39, 0.29) is 26.3 Å². The number of hydrogen-bond acceptors (Lipinski definition) is 3. The molecule has 0 saturated carbocycles. The van der Waals surface area contributed by atoms with Crippen LogP contribution in [0.15, 0.2) is 0 Å². The summed E-state index contributed by atoms with van der Waals surface area (Å²) in [7, 11) is -7.24. The number of sulfonamides is 1. The van der Waals surface area contributed by atoms with Crippen molar-refractivity contribution in [2.45, 2.75) is 105 Å². The normalized spacial score (nSPS) is 15.3. The van der Waals surface area contributed by atoms with Gasteiger partial charge in [0.1, 0.15) is 0 Å². The van der Waals surface area contributed by atoms with Gasteiger partial charge in [0.15, 0.2) is 0 Å². The largest absolute Gasteiger partial charge is 0.481 e. The molecule has 0 spiro atoms. The molecule has 0 rings (SSSR count). The quantitative estimate of drug-likeness (QED) is 0.110. The Labute approximate surface area is 232 Å². The standard InChI is InChI=1S/C20H24F17NO4S/c1-38(11-9-7-5-3-2-4-6-8-10-12(39)40)43(41,42)20(36,37)18(31,32)16(27,28)14(23,24)13(21,22)15(25,26)17(29,30)19(33,34)35/h2-11H2,1H3,(H,39,40). The molecular weight excluding hydrogens is 673 g/mol. The van der Waals surface area contributed by atoms with Crippen molar-refractivity contribution in [1.29, 1.82) is 0 Å². The van der Waals surface area contributed by atoms with E-state index in [1.54, 1.807) is 0 Å². The van der Waals surface area contributed by atoms with Gasteiger partial charge in [-0.25, -0.2) is 8.42 Å². The van der Waals surface area contributed by atoms with E-state index in [4.69, 9.17) is 5.11 Å². The van der Waals surface area contributed by atoms with Crippen molar-refractivity contribution in [2.75, 3.05) is 13.6 Å². The summed E-state index contributed by atoms with van der Waals surface area (Å²) in [4.78, 5) is 10.4. The van der Waals surface area contributed by atoms with Crippen LogP contribution in [0.5, 0.6) is 0 Å². The summed E-state index contributed by atoms with van der Waals surface area (Å²) in [6, 6.07) is 0. The predicted octanol–water partition coefficient (Wildman–Crippen LogP) is 7.81. The molecule has 258 valence electrons. The summed E-state index contributed by atoms with van der Waals surface area (Å²) >= 11 is 0. The lowest BCUT2D eigenvalue weighted by Gasteiger charge is -2.42. The fraction of sp³-hybridized carbons (Fsp3) is 0.950. The second kappa shape index (κ2) is 13.3. The summed E-state index contributed by atoms with van der Waals surface area (Å²) in [5.74, 6) is -52.7. The number of carboxylic acid groups (broad SMARTS) is 1. The number of halogens is 17. The molecule has 0 atom stereocenters. The highest BCUT2D eigenvalue weighted by atomic mass is 32.2. The van der Waals surface area contributed by atoms with Crippen LogP contribution in [0.3, 0.4) is 0 Å². The molecule has 43 heavy (non-hydrogen) atoms. The van der Waals surface area contributed by atoms with Gasteiger partial charge in [-0.15, -0.1) is 0 Å². The molecule has 0 aromatic rings. The zero-order valence-corrected chi connectivity index (χ0v) is 22.3. The minimum absolute atomic E-state index is 0.0186. The van der Waals surface area contributed by atoms with Crippen LogP contribution in [-0.4, -0.2) is 84.4 Å². The van der Waals surface area contributed by atoms with E-state index < -0.39 is 80.2 Å². The van der Waals surface area contributed by atoms with Crippen molar-refractivity contribution < 1.29 is 93.0 Å². The van der Waals surface area contributed by atoms with E-state index in [2.05, 4.69) is 0 Å². The molecule has 0 aliphatic heterocycles. The Kier molecular flexibility index (Phi) is 12.7. The first-order valence-electron chi connectivity index (χ1n) is 11.7. The van der Waals surface area contributed by atoms with Gasteiger partial charge < -0.3 is 5.11 Å². The maximum atomic E-state index is 14.2. The molecule has 0 aliphatic rings. The number of carbonyl (C=O) groups is 1. The van der Waals surface area contributed by atoms with Gasteiger partial charge in [0.05, 0.1) is 0 Å². The zero-order valence-electron chi connectivity index (χ0n) is 21.5. The van der Waals surface area contributed by atoms with E-state index in [9.17, 15) is 87.8 Å². The van der Waals surface area contributed by atoms with Gasteiger partial charge in [0.25, 0.3) is 10.0 Å². The average molecular weight is 697 g/mol. The lowest BCUT2D eigenvalue weighted by atomic mass is 9.91. The summed E-state index contributed by atoms with van der Waals surface area (Å²) in [5.41, 5.74) is 0. The molecule has 0 saturated heterocycles. The average Bonchev–Trinajstić information content (AvgIpc) is 2.83. The third-order valence-electron chi connectivity index (χ3n) is 6.04. The van der Waals surface area contributed by atoms with Crippen molar-refractivity contribution in [1.82, 2.24) is 4.31 Å². The van der Waals surface area contributed by atoms with E-state index in [1.807, 2.05) is 0 Å². The lowest BCUT2D eigenvalue weighted by molar-refractivity contribution is -0.458. The minimum Gasteiger partial charge on any atom is -0.481 e. The van der Waals surface area contributed by atoms with Gasteiger partial charge in [-0.05, 0) is 12.8 Å². The number of rotatable bonds is 19. The lowest BCUT2D eigenvalue weighted by Crippen LogP contribution is -2.75. The van der Waals surface area contributed by atoms with E-state index in [1.165, 1.54) is 0 Å². The SMILES string of the molecule is CN(CCCCCCCCCCC(=O)O)S(=O)(=O)C(F)(F)C(F)(F)C(F)(F)C(F)(F)C(F)(F)C(F)(F)C(F)(F)C(F)(F)F.